The van der Waals surface area contributed by atoms with Gasteiger partial charge in [-0.15, -0.1) is 0 Å². The topological polar surface area (TPSA) is 0 Å². The number of fused-ring (bicyclic) bond motifs is 3. The van der Waals surface area contributed by atoms with Crippen LogP contribution in [0.3, 0.4) is 0 Å². The maximum Gasteiger partial charge on any atom is 0.257 e. The van der Waals surface area contributed by atoms with Crippen molar-refractivity contribution < 1.29 is 39.5 Å². The third kappa shape index (κ3) is 2.40. The molecule has 0 saturated heterocycles. The summed E-state index contributed by atoms with van der Waals surface area (Å²) in [5.74, 6) is -16.6. The summed E-state index contributed by atoms with van der Waals surface area (Å²) in [6, 6.07) is 1.88. The van der Waals surface area contributed by atoms with Gasteiger partial charge in [-0.3, -0.25) is 0 Å². The zero-order valence-corrected chi connectivity index (χ0v) is 13.9. The fourth-order valence-corrected chi connectivity index (χ4v) is 5.49. The standard InChI is InChI=1S/C18H4F9S/c19-5-1-7(21)11-9(3-5)28(10-4-6(20)2-8(22)12(10)11)18-16(26)14(24)13(23)15(25)17(18)27/h1-4H/q+1. The Morgan fingerprint density at radius 3 is 1.21 bits per heavy atom. The molecule has 4 rings (SSSR count). The fraction of sp³-hybridized carbons (Fsp3) is 0. The van der Waals surface area contributed by atoms with Gasteiger partial charge in [-0.05, 0) is 0 Å². The van der Waals surface area contributed by atoms with Gasteiger partial charge in [0.05, 0.1) is 10.8 Å². The van der Waals surface area contributed by atoms with E-state index >= 15 is 0 Å². The summed E-state index contributed by atoms with van der Waals surface area (Å²) >= 11 is 0. The largest absolute Gasteiger partial charge is 0.257 e. The van der Waals surface area contributed by atoms with Crippen molar-refractivity contribution in [2.45, 2.75) is 0 Å². The number of halogens is 9. The molecule has 0 aliphatic heterocycles. The lowest BCUT2D eigenvalue weighted by atomic mass is 10.1. The lowest BCUT2D eigenvalue weighted by Gasteiger charge is -2.02. The van der Waals surface area contributed by atoms with Crippen LogP contribution < -0.4 is 0 Å². The first-order valence-electron chi connectivity index (χ1n) is 7.37. The van der Waals surface area contributed by atoms with E-state index in [-0.39, 0.29) is 0 Å². The quantitative estimate of drug-likeness (QED) is 0.134. The summed E-state index contributed by atoms with van der Waals surface area (Å²) in [5, 5.41) is -1.28. The predicted octanol–water partition coefficient (Wildman–Crippen LogP) is 6.98. The van der Waals surface area contributed by atoms with Gasteiger partial charge in [-0.25, -0.2) is 30.7 Å². The van der Waals surface area contributed by atoms with E-state index in [4.69, 9.17) is 0 Å². The van der Waals surface area contributed by atoms with E-state index in [0.717, 1.165) is 0 Å². The molecular formula is C18H4F9S+. The van der Waals surface area contributed by atoms with Gasteiger partial charge in [0.25, 0.3) is 4.90 Å². The Hall–Kier alpha value is -2.75. The van der Waals surface area contributed by atoms with Gasteiger partial charge in [0, 0.05) is 34.7 Å². The minimum atomic E-state index is -2.43. The third-order valence-electron chi connectivity index (χ3n) is 4.10. The molecule has 1 heterocycles. The van der Waals surface area contributed by atoms with Crippen LogP contribution in [0.1, 0.15) is 0 Å². The van der Waals surface area contributed by atoms with Crippen molar-refractivity contribution in [2.24, 2.45) is 0 Å². The molecule has 0 aliphatic carbocycles. The second kappa shape index (κ2) is 6.13. The van der Waals surface area contributed by atoms with E-state index in [1.165, 1.54) is 0 Å². The normalized spacial score (nSPS) is 11.8. The molecule has 0 fully saturated rings. The first-order chi connectivity index (χ1) is 13.1. The van der Waals surface area contributed by atoms with Crippen molar-refractivity contribution in [1.29, 1.82) is 0 Å². The first-order valence-corrected chi connectivity index (χ1v) is 8.60. The van der Waals surface area contributed by atoms with Gasteiger partial charge in [0.15, 0.2) is 9.40 Å². The smallest absolute Gasteiger partial charge is 0.207 e. The van der Waals surface area contributed by atoms with Crippen molar-refractivity contribution in [2.75, 3.05) is 0 Å². The van der Waals surface area contributed by atoms with Gasteiger partial charge >= 0.3 is 0 Å². The predicted molar refractivity (Wildman–Crippen MR) is 84.9 cm³/mol. The highest BCUT2D eigenvalue weighted by molar-refractivity contribution is 7.50. The molecule has 3 aromatic carbocycles. The Labute approximate surface area is 152 Å². The Balaban J connectivity index is 2.35. The summed E-state index contributed by atoms with van der Waals surface area (Å²) < 4.78 is 124. The lowest BCUT2D eigenvalue weighted by molar-refractivity contribution is 0.383. The minimum absolute atomic E-state index is 0.358. The van der Waals surface area contributed by atoms with Crippen molar-refractivity contribution in [3.63, 3.8) is 0 Å². The number of benzene rings is 3. The molecule has 0 amide bonds. The van der Waals surface area contributed by atoms with E-state index in [0.29, 0.717) is 24.3 Å². The van der Waals surface area contributed by atoms with Crippen molar-refractivity contribution in [3.8, 4) is 4.90 Å². The van der Waals surface area contributed by atoms with E-state index in [1.54, 1.807) is 0 Å². The molecule has 0 atom stereocenters. The zero-order valence-electron chi connectivity index (χ0n) is 13.1. The summed E-state index contributed by atoms with van der Waals surface area (Å²) in [5.41, 5.74) is 0. The third-order valence-corrected chi connectivity index (χ3v) is 6.39. The molecule has 0 spiro atoms. The molecule has 1 aromatic heterocycles. The van der Waals surface area contributed by atoms with Crippen LogP contribution in [0.5, 0.6) is 0 Å². The molecule has 144 valence electrons. The SMILES string of the molecule is Fc1cc(F)c2c3c(F)cc(F)cc3[s+](-c3c(F)c(F)c(F)c(F)c3F)c2c1. The molecule has 0 aliphatic rings. The summed E-state index contributed by atoms with van der Waals surface area (Å²) in [4.78, 5) is -1.44. The Morgan fingerprint density at radius 2 is 0.821 bits per heavy atom. The van der Waals surface area contributed by atoms with Gasteiger partial charge in [-0.2, -0.15) is 8.78 Å². The average molecular weight is 423 g/mol. The van der Waals surface area contributed by atoms with Crippen LogP contribution in [0.2, 0.25) is 0 Å². The maximum atomic E-state index is 14.4. The molecule has 0 radical (unpaired) electrons. The van der Waals surface area contributed by atoms with E-state index in [1.807, 2.05) is 0 Å². The summed E-state index contributed by atoms with van der Waals surface area (Å²) in [6.45, 7) is 0. The van der Waals surface area contributed by atoms with Crippen molar-refractivity contribution >= 4 is 30.6 Å². The van der Waals surface area contributed by atoms with Crippen molar-refractivity contribution in [1.82, 2.24) is 0 Å². The molecule has 28 heavy (non-hydrogen) atoms. The van der Waals surface area contributed by atoms with E-state index in [9.17, 15) is 39.5 Å². The Kier molecular flexibility index (Phi) is 4.07. The molecule has 4 aromatic rings. The molecule has 0 N–H and O–H groups in total. The second-order valence-electron chi connectivity index (χ2n) is 5.73. The summed E-state index contributed by atoms with van der Waals surface area (Å²) in [7, 11) is -2.39. The Bertz CT molecular complexity index is 1210. The molecule has 0 saturated carbocycles. The van der Waals surface area contributed by atoms with E-state index in [2.05, 4.69) is 0 Å². The fourth-order valence-electron chi connectivity index (χ4n) is 3.01. The number of rotatable bonds is 1. The van der Waals surface area contributed by atoms with Crippen LogP contribution in [-0.2, 0) is 0 Å². The zero-order chi connectivity index (χ0) is 20.5. The van der Waals surface area contributed by atoms with Crippen LogP contribution in [0.4, 0.5) is 39.5 Å². The highest BCUT2D eigenvalue weighted by atomic mass is 32.2. The minimum Gasteiger partial charge on any atom is -0.207 e. The number of thiophene rings is 1. The second-order valence-corrected chi connectivity index (χ2v) is 7.63. The van der Waals surface area contributed by atoms with Crippen LogP contribution in [-0.4, -0.2) is 0 Å². The molecule has 10 heteroatoms. The maximum absolute atomic E-state index is 14.4. The van der Waals surface area contributed by atoms with E-state index < -0.39 is 87.9 Å². The van der Waals surface area contributed by atoms with Crippen molar-refractivity contribution in [3.05, 3.63) is 76.6 Å². The molecular weight excluding hydrogens is 419 g/mol. The van der Waals surface area contributed by atoms with Gasteiger partial charge in [0.2, 0.25) is 29.1 Å². The molecule has 0 bridgehead atoms. The van der Waals surface area contributed by atoms with Gasteiger partial charge < -0.3 is 0 Å². The van der Waals surface area contributed by atoms with Crippen LogP contribution >= 0.6 is 10.5 Å². The lowest BCUT2D eigenvalue weighted by Crippen LogP contribution is -2.02. The highest BCUT2D eigenvalue weighted by Gasteiger charge is 2.38. The van der Waals surface area contributed by atoms with Crippen LogP contribution in [0.15, 0.2) is 24.3 Å². The van der Waals surface area contributed by atoms with Gasteiger partial charge in [-0.1, -0.05) is 0 Å². The molecule has 0 unspecified atom stereocenters. The molecule has 0 nitrogen and oxygen atoms in total. The number of hydrogen-bond acceptors (Lipinski definition) is 0. The van der Waals surface area contributed by atoms with Crippen LogP contribution in [0.25, 0.3) is 25.1 Å². The van der Waals surface area contributed by atoms with Crippen LogP contribution in [0, 0.1) is 52.4 Å². The number of hydrogen-bond donors (Lipinski definition) is 0. The average Bonchev–Trinajstić information content (AvgIpc) is 2.93. The first kappa shape index (κ1) is 18.6. The Morgan fingerprint density at radius 1 is 0.464 bits per heavy atom. The summed E-state index contributed by atoms with van der Waals surface area (Å²) in [6.07, 6.45) is 0. The highest BCUT2D eigenvalue weighted by Crippen LogP contribution is 2.52. The van der Waals surface area contributed by atoms with Gasteiger partial charge in [0.1, 0.15) is 23.3 Å². The monoisotopic (exact) mass is 423 g/mol.